The first-order valence-corrected chi connectivity index (χ1v) is 7.05. The molecule has 1 aliphatic carbocycles. The highest BCUT2D eigenvalue weighted by molar-refractivity contribution is 5.14. The maximum atomic E-state index is 9.48. The van der Waals surface area contributed by atoms with Crippen LogP contribution < -0.4 is 0 Å². The van der Waals surface area contributed by atoms with Gasteiger partial charge in [0.05, 0.1) is 0 Å². The van der Waals surface area contributed by atoms with Crippen LogP contribution in [0, 0.1) is 11.8 Å². The second kappa shape index (κ2) is 6.80. The van der Waals surface area contributed by atoms with Crippen LogP contribution in [0.1, 0.15) is 44.1 Å². The number of rotatable bonds is 6. The molecule has 0 radical (unpaired) electrons. The molecule has 0 heterocycles. The van der Waals surface area contributed by atoms with Crippen LogP contribution in [0.2, 0.25) is 0 Å². The summed E-state index contributed by atoms with van der Waals surface area (Å²) in [6.45, 7) is 0.388. The van der Waals surface area contributed by atoms with Crippen molar-refractivity contribution in [3.05, 3.63) is 35.9 Å². The van der Waals surface area contributed by atoms with E-state index in [4.69, 9.17) is 0 Å². The quantitative estimate of drug-likeness (QED) is 0.790. The van der Waals surface area contributed by atoms with Crippen molar-refractivity contribution in [3.63, 3.8) is 0 Å². The normalized spacial score (nSPS) is 18.4. The van der Waals surface area contributed by atoms with Gasteiger partial charge in [-0.2, -0.15) is 0 Å². The van der Waals surface area contributed by atoms with Crippen LogP contribution in [0.15, 0.2) is 30.3 Å². The second-order valence-electron chi connectivity index (χ2n) is 5.37. The Hall–Kier alpha value is -0.820. The van der Waals surface area contributed by atoms with Crippen LogP contribution >= 0.6 is 0 Å². The van der Waals surface area contributed by atoms with Crippen LogP contribution in [-0.4, -0.2) is 11.7 Å². The largest absolute Gasteiger partial charge is 0.396 e. The highest BCUT2D eigenvalue weighted by Crippen LogP contribution is 2.33. The highest BCUT2D eigenvalue weighted by atomic mass is 16.3. The summed E-state index contributed by atoms with van der Waals surface area (Å²) in [4.78, 5) is 0. The van der Waals surface area contributed by atoms with Gasteiger partial charge in [-0.15, -0.1) is 0 Å². The van der Waals surface area contributed by atoms with E-state index in [9.17, 15) is 5.11 Å². The molecule has 1 atom stereocenters. The first-order chi connectivity index (χ1) is 8.40. The zero-order chi connectivity index (χ0) is 11.9. The molecule has 1 nitrogen and oxygen atoms in total. The molecule has 17 heavy (non-hydrogen) atoms. The monoisotopic (exact) mass is 232 g/mol. The smallest absolute Gasteiger partial charge is 0.0461 e. The minimum Gasteiger partial charge on any atom is -0.396 e. The van der Waals surface area contributed by atoms with Gasteiger partial charge in [-0.3, -0.25) is 0 Å². The van der Waals surface area contributed by atoms with Gasteiger partial charge >= 0.3 is 0 Å². The van der Waals surface area contributed by atoms with Crippen molar-refractivity contribution in [2.75, 3.05) is 6.61 Å². The molecule has 94 valence electrons. The molecule has 0 spiro atoms. The number of aliphatic hydroxyl groups excluding tert-OH is 1. The number of aryl methyl sites for hydroxylation is 1. The van der Waals surface area contributed by atoms with Crippen molar-refractivity contribution in [3.8, 4) is 0 Å². The summed E-state index contributed by atoms with van der Waals surface area (Å²) in [6.07, 6.45) is 9.00. The zero-order valence-corrected chi connectivity index (χ0v) is 10.6. The highest BCUT2D eigenvalue weighted by Gasteiger charge is 2.23. The lowest BCUT2D eigenvalue weighted by molar-refractivity contribution is 0.166. The molecule has 1 saturated carbocycles. The molecule has 1 unspecified atom stereocenters. The molecule has 1 fully saturated rings. The fourth-order valence-electron chi connectivity index (χ4n) is 3.12. The molecule has 1 aromatic carbocycles. The lowest BCUT2D eigenvalue weighted by Crippen LogP contribution is -2.16. The maximum absolute atomic E-state index is 9.48. The molecule has 1 heteroatoms. The van der Waals surface area contributed by atoms with Crippen LogP contribution in [0.25, 0.3) is 0 Å². The van der Waals surface area contributed by atoms with Crippen molar-refractivity contribution >= 4 is 0 Å². The average molecular weight is 232 g/mol. The van der Waals surface area contributed by atoms with Gasteiger partial charge in [0.25, 0.3) is 0 Å². The summed E-state index contributed by atoms with van der Waals surface area (Å²) in [5, 5.41) is 9.48. The molecule has 1 aliphatic rings. The van der Waals surface area contributed by atoms with E-state index in [-0.39, 0.29) is 0 Å². The average Bonchev–Trinajstić information content (AvgIpc) is 2.90. The lowest BCUT2D eigenvalue weighted by Gasteiger charge is -2.20. The summed E-state index contributed by atoms with van der Waals surface area (Å²) in [5.74, 6) is 1.36. The minimum atomic E-state index is 0.388. The van der Waals surface area contributed by atoms with Crippen molar-refractivity contribution < 1.29 is 5.11 Å². The van der Waals surface area contributed by atoms with Crippen LogP contribution in [0.4, 0.5) is 0 Å². The van der Waals surface area contributed by atoms with Gasteiger partial charge in [0.1, 0.15) is 0 Å². The Morgan fingerprint density at radius 3 is 2.47 bits per heavy atom. The van der Waals surface area contributed by atoms with Gasteiger partial charge in [-0.05, 0) is 36.7 Å². The number of benzene rings is 1. The van der Waals surface area contributed by atoms with Gasteiger partial charge in [-0.1, -0.05) is 56.0 Å². The maximum Gasteiger partial charge on any atom is 0.0461 e. The van der Waals surface area contributed by atoms with Crippen LogP contribution in [-0.2, 0) is 6.42 Å². The van der Waals surface area contributed by atoms with E-state index in [0.717, 1.165) is 12.3 Å². The van der Waals surface area contributed by atoms with E-state index in [1.54, 1.807) is 0 Å². The third kappa shape index (κ3) is 3.85. The van der Waals surface area contributed by atoms with Crippen molar-refractivity contribution in [2.45, 2.75) is 44.9 Å². The van der Waals surface area contributed by atoms with Crippen molar-refractivity contribution in [1.29, 1.82) is 0 Å². The lowest BCUT2D eigenvalue weighted by atomic mass is 9.87. The van der Waals surface area contributed by atoms with Gasteiger partial charge < -0.3 is 5.11 Å². The Balaban J connectivity index is 1.72. The van der Waals surface area contributed by atoms with E-state index in [1.807, 2.05) is 0 Å². The molecule has 1 N–H and O–H groups in total. The predicted molar refractivity (Wildman–Crippen MR) is 71.9 cm³/mol. The van der Waals surface area contributed by atoms with Gasteiger partial charge in [0.2, 0.25) is 0 Å². The first-order valence-electron chi connectivity index (χ1n) is 7.05. The third-order valence-electron chi connectivity index (χ3n) is 4.18. The van der Waals surface area contributed by atoms with Crippen LogP contribution in [0.3, 0.4) is 0 Å². The van der Waals surface area contributed by atoms with E-state index >= 15 is 0 Å². The second-order valence-corrected chi connectivity index (χ2v) is 5.37. The topological polar surface area (TPSA) is 20.2 Å². The molecule has 0 aromatic heterocycles. The summed E-state index contributed by atoms with van der Waals surface area (Å²) in [7, 11) is 0. The molecular weight excluding hydrogens is 208 g/mol. The molecule has 0 bridgehead atoms. The minimum absolute atomic E-state index is 0.388. The molecular formula is C16H24O. The summed E-state index contributed by atoms with van der Waals surface area (Å²) in [6, 6.07) is 10.7. The first kappa shape index (κ1) is 12.6. The Morgan fingerprint density at radius 2 is 1.82 bits per heavy atom. The molecule has 0 saturated heterocycles. The van der Waals surface area contributed by atoms with Gasteiger partial charge in [0, 0.05) is 6.61 Å². The molecule has 1 aromatic rings. The van der Waals surface area contributed by atoms with E-state index in [1.165, 1.54) is 44.1 Å². The predicted octanol–water partition coefficient (Wildman–Crippen LogP) is 3.81. The van der Waals surface area contributed by atoms with E-state index in [0.29, 0.717) is 12.5 Å². The van der Waals surface area contributed by atoms with E-state index in [2.05, 4.69) is 30.3 Å². The number of hydrogen-bond acceptors (Lipinski definition) is 1. The Morgan fingerprint density at radius 1 is 1.12 bits per heavy atom. The molecule has 0 aliphatic heterocycles. The summed E-state index contributed by atoms with van der Waals surface area (Å²) >= 11 is 0. The fraction of sp³-hybridized carbons (Fsp3) is 0.625. The third-order valence-corrected chi connectivity index (χ3v) is 4.18. The molecule has 0 amide bonds. The number of hydrogen-bond donors (Lipinski definition) is 1. The van der Waals surface area contributed by atoms with Gasteiger partial charge in [0.15, 0.2) is 0 Å². The summed E-state index contributed by atoms with van der Waals surface area (Å²) < 4.78 is 0. The fourth-order valence-corrected chi connectivity index (χ4v) is 3.12. The number of aliphatic hydroxyl groups is 1. The zero-order valence-electron chi connectivity index (χ0n) is 10.6. The Kier molecular flexibility index (Phi) is 5.06. The van der Waals surface area contributed by atoms with E-state index < -0.39 is 0 Å². The standard InChI is InChI=1S/C16H24O/c17-13-16(15-10-4-5-11-15)12-6-9-14-7-2-1-3-8-14/h1-3,7-8,15-17H,4-6,9-13H2. The Labute approximate surface area is 105 Å². The Bertz CT molecular complexity index is 301. The SMILES string of the molecule is OCC(CCCc1ccccc1)C1CCCC1. The summed E-state index contributed by atoms with van der Waals surface area (Å²) in [5.41, 5.74) is 1.43. The van der Waals surface area contributed by atoms with Crippen molar-refractivity contribution in [2.24, 2.45) is 11.8 Å². The van der Waals surface area contributed by atoms with Gasteiger partial charge in [-0.25, -0.2) is 0 Å². The molecule has 2 rings (SSSR count). The van der Waals surface area contributed by atoms with Crippen LogP contribution in [0.5, 0.6) is 0 Å². The van der Waals surface area contributed by atoms with Crippen molar-refractivity contribution in [1.82, 2.24) is 0 Å².